The highest BCUT2D eigenvalue weighted by molar-refractivity contribution is 5.94. The number of carbonyl (C=O) groups is 2. The molecule has 0 spiro atoms. The predicted octanol–water partition coefficient (Wildman–Crippen LogP) is 3.11. The molecule has 1 aliphatic rings. The van der Waals surface area contributed by atoms with Gasteiger partial charge in [-0.2, -0.15) is 13.2 Å². The third-order valence-corrected chi connectivity index (χ3v) is 4.92. The van der Waals surface area contributed by atoms with Gasteiger partial charge in [0.25, 0.3) is 5.91 Å². The lowest BCUT2D eigenvalue weighted by Gasteiger charge is -2.24. The van der Waals surface area contributed by atoms with Gasteiger partial charge in [0.2, 0.25) is 5.91 Å². The Balaban J connectivity index is 1.46. The summed E-state index contributed by atoms with van der Waals surface area (Å²) in [5, 5.41) is 2.28. The summed E-state index contributed by atoms with van der Waals surface area (Å²) in [6.45, 7) is 0.547. The molecular formula is C21H16F5N5O3. The Morgan fingerprint density at radius 1 is 1.21 bits per heavy atom. The molecule has 3 heterocycles. The molecule has 1 saturated heterocycles. The summed E-state index contributed by atoms with van der Waals surface area (Å²) in [5.74, 6) is -3.42. The first-order valence-electron chi connectivity index (χ1n) is 9.86. The maximum Gasteiger partial charge on any atom is 0.419 e. The summed E-state index contributed by atoms with van der Waals surface area (Å²) < 4.78 is 73.6. The van der Waals surface area contributed by atoms with Gasteiger partial charge in [0.1, 0.15) is 18.8 Å². The number of aromatic nitrogens is 3. The minimum atomic E-state index is -4.90. The number of ether oxygens (including phenoxy) is 1. The Morgan fingerprint density at radius 2 is 2.00 bits per heavy atom. The van der Waals surface area contributed by atoms with E-state index in [2.05, 4.69) is 15.3 Å². The molecule has 1 aliphatic heterocycles. The standard InChI is InChI=1S/C21H16F5N5O3/c22-15-7-13(29-17(32)6-12-2-1-3-14(19(12)23)21(24,25)26)8-27-20(15)30-9-16(28-11-30)31-4-5-34-10-18(31)33/h1-3,7-9,11H,4-6,10H2,(H,29,32). The van der Waals surface area contributed by atoms with Gasteiger partial charge in [-0.15, -0.1) is 0 Å². The van der Waals surface area contributed by atoms with E-state index < -0.39 is 41.3 Å². The van der Waals surface area contributed by atoms with E-state index in [4.69, 9.17) is 4.74 Å². The summed E-state index contributed by atoms with van der Waals surface area (Å²) in [7, 11) is 0. The van der Waals surface area contributed by atoms with Crippen molar-refractivity contribution in [1.29, 1.82) is 0 Å². The number of rotatable bonds is 5. The monoisotopic (exact) mass is 481 g/mol. The molecule has 2 aromatic heterocycles. The number of morpholine rings is 1. The average Bonchev–Trinajstić information content (AvgIpc) is 3.24. The van der Waals surface area contributed by atoms with Gasteiger partial charge in [0.05, 0.1) is 43.2 Å². The lowest BCUT2D eigenvalue weighted by Crippen LogP contribution is -2.41. The zero-order chi connectivity index (χ0) is 24.5. The van der Waals surface area contributed by atoms with Crippen LogP contribution >= 0.6 is 0 Å². The van der Waals surface area contributed by atoms with Crippen molar-refractivity contribution in [2.24, 2.45) is 0 Å². The first-order chi connectivity index (χ1) is 16.1. The number of benzene rings is 1. The van der Waals surface area contributed by atoms with Crippen molar-refractivity contribution in [3.05, 3.63) is 65.7 Å². The van der Waals surface area contributed by atoms with Gasteiger partial charge >= 0.3 is 6.18 Å². The Labute approximate surface area is 189 Å². The highest BCUT2D eigenvalue weighted by atomic mass is 19.4. The Kier molecular flexibility index (Phi) is 6.28. The second kappa shape index (κ2) is 9.17. The smallest absolute Gasteiger partial charge is 0.370 e. The van der Waals surface area contributed by atoms with E-state index in [0.717, 1.165) is 24.4 Å². The summed E-state index contributed by atoms with van der Waals surface area (Å²) in [6.07, 6.45) is -1.81. The van der Waals surface area contributed by atoms with Crippen molar-refractivity contribution in [3.63, 3.8) is 0 Å². The number of amides is 2. The first kappa shape index (κ1) is 23.3. The number of hydrogen-bond acceptors (Lipinski definition) is 5. The highest BCUT2D eigenvalue weighted by Crippen LogP contribution is 2.32. The van der Waals surface area contributed by atoms with Gasteiger partial charge in [-0.3, -0.25) is 19.1 Å². The van der Waals surface area contributed by atoms with Gasteiger partial charge in [-0.05, 0) is 11.6 Å². The predicted molar refractivity (Wildman–Crippen MR) is 108 cm³/mol. The Bertz CT molecular complexity index is 1240. The molecule has 34 heavy (non-hydrogen) atoms. The highest BCUT2D eigenvalue weighted by Gasteiger charge is 2.35. The van der Waals surface area contributed by atoms with E-state index in [1.165, 1.54) is 22.0 Å². The third-order valence-electron chi connectivity index (χ3n) is 4.92. The number of hydrogen-bond donors (Lipinski definition) is 1. The van der Waals surface area contributed by atoms with E-state index in [1.807, 2.05) is 0 Å². The van der Waals surface area contributed by atoms with Gasteiger partial charge in [0.15, 0.2) is 17.5 Å². The molecule has 2 amide bonds. The second-order valence-corrected chi connectivity index (χ2v) is 7.27. The minimum Gasteiger partial charge on any atom is -0.370 e. The van der Waals surface area contributed by atoms with Crippen LogP contribution in [0.5, 0.6) is 0 Å². The van der Waals surface area contributed by atoms with Crippen LogP contribution in [-0.2, 0) is 26.9 Å². The van der Waals surface area contributed by atoms with Crippen LogP contribution in [0.3, 0.4) is 0 Å². The molecule has 8 nitrogen and oxygen atoms in total. The Hall–Kier alpha value is -3.87. The summed E-state index contributed by atoms with van der Waals surface area (Å²) in [5.41, 5.74) is -2.02. The van der Waals surface area contributed by atoms with Crippen LogP contribution in [0.1, 0.15) is 11.1 Å². The van der Waals surface area contributed by atoms with Crippen molar-refractivity contribution < 1.29 is 36.3 Å². The summed E-state index contributed by atoms with van der Waals surface area (Å²) in [6, 6.07) is 3.57. The second-order valence-electron chi connectivity index (χ2n) is 7.27. The number of pyridine rings is 1. The normalized spacial score (nSPS) is 14.4. The number of halogens is 5. The van der Waals surface area contributed by atoms with Gasteiger partial charge in [-0.1, -0.05) is 12.1 Å². The lowest BCUT2D eigenvalue weighted by atomic mass is 10.1. The molecule has 1 aromatic carbocycles. The van der Waals surface area contributed by atoms with Gasteiger partial charge in [-0.25, -0.2) is 18.7 Å². The Morgan fingerprint density at radius 3 is 2.71 bits per heavy atom. The molecule has 1 fully saturated rings. The lowest BCUT2D eigenvalue weighted by molar-refractivity contribution is -0.140. The molecular weight excluding hydrogens is 465 g/mol. The number of carbonyl (C=O) groups excluding carboxylic acids is 2. The largest absolute Gasteiger partial charge is 0.419 e. The van der Waals surface area contributed by atoms with Crippen LogP contribution in [0.4, 0.5) is 33.5 Å². The van der Waals surface area contributed by atoms with Crippen LogP contribution in [-0.4, -0.2) is 46.1 Å². The molecule has 0 radical (unpaired) electrons. The summed E-state index contributed by atoms with van der Waals surface area (Å²) in [4.78, 5) is 33.5. The van der Waals surface area contributed by atoms with E-state index in [-0.39, 0.29) is 29.8 Å². The van der Waals surface area contributed by atoms with Crippen molar-refractivity contribution in [1.82, 2.24) is 14.5 Å². The summed E-state index contributed by atoms with van der Waals surface area (Å²) >= 11 is 0. The van der Waals surface area contributed by atoms with E-state index in [9.17, 15) is 31.5 Å². The molecule has 13 heteroatoms. The van der Waals surface area contributed by atoms with Crippen molar-refractivity contribution in [2.75, 3.05) is 30.0 Å². The number of imidazole rings is 1. The maximum absolute atomic E-state index is 14.6. The third kappa shape index (κ3) is 4.88. The molecule has 0 unspecified atom stereocenters. The van der Waals surface area contributed by atoms with Crippen molar-refractivity contribution in [2.45, 2.75) is 12.6 Å². The quantitative estimate of drug-likeness (QED) is 0.566. The minimum absolute atomic E-state index is 0.0812. The number of alkyl halides is 3. The average molecular weight is 481 g/mol. The molecule has 178 valence electrons. The molecule has 0 aliphatic carbocycles. The van der Waals surface area contributed by atoms with Crippen LogP contribution in [0.15, 0.2) is 43.0 Å². The zero-order valence-electron chi connectivity index (χ0n) is 17.3. The van der Waals surface area contributed by atoms with Crippen LogP contribution < -0.4 is 10.2 Å². The number of nitrogens with one attached hydrogen (secondary N) is 1. The van der Waals surface area contributed by atoms with Crippen molar-refractivity contribution >= 4 is 23.3 Å². The van der Waals surface area contributed by atoms with E-state index >= 15 is 0 Å². The maximum atomic E-state index is 14.6. The zero-order valence-corrected chi connectivity index (χ0v) is 17.3. The fourth-order valence-corrected chi connectivity index (χ4v) is 3.33. The number of anilines is 2. The molecule has 1 N–H and O–H groups in total. The molecule has 0 saturated carbocycles. The molecule has 0 bridgehead atoms. The number of nitrogens with zero attached hydrogens (tertiary/aromatic N) is 4. The van der Waals surface area contributed by atoms with E-state index in [0.29, 0.717) is 19.2 Å². The SMILES string of the molecule is O=C(Cc1cccc(C(F)(F)F)c1F)Nc1cnc(-n2cnc(N3CCOCC3=O)c2)c(F)c1. The molecule has 4 rings (SSSR count). The van der Waals surface area contributed by atoms with Gasteiger partial charge < -0.3 is 10.1 Å². The van der Waals surface area contributed by atoms with Crippen LogP contribution in [0.25, 0.3) is 5.82 Å². The molecule has 0 atom stereocenters. The fourth-order valence-electron chi connectivity index (χ4n) is 3.33. The van der Waals surface area contributed by atoms with Crippen LogP contribution in [0, 0.1) is 11.6 Å². The topological polar surface area (TPSA) is 89.3 Å². The van der Waals surface area contributed by atoms with E-state index in [1.54, 1.807) is 0 Å². The first-order valence-corrected chi connectivity index (χ1v) is 9.86. The molecule has 3 aromatic rings. The van der Waals surface area contributed by atoms with Gasteiger partial charge in [0, 0.05) is 6.07 Å². The van der Waals surface area contributed by atoms with Crippen molar-refractivity contribution in [3.8, 4) is 5.82 Å². The fraction of sp³-hybridized carbons (Fsp3) is 0.238. The van der Waals surface area contributed by atoms with Crippen LogP contribution in [0.2, 0.25) is 0 Å².